The lowest BCUT2D eigenvalue weighted by molar-refractivity contribution is -0.122. The van der Waals surface area contributed by atoms with Gasteiger partial charge in [0.15, 0.2) is 0 Å². The summed E-state index contributed by atoms with van der Waals surface area (Å²) < 4.78 is 14.8. The molecule has 0 spiro atoms. The molecular formula is C17H12FN3O2. The van der Waals surface area contributed by atoms with Crippen molar-refractivity contribution in [1.29, 1.82) is 0 Å². The third kappa shape index (κ3) is 2.11. The first-order chi connectivity index (χ1) is 11.1. The summed E-state index contributed by atoms with van der Waals surface area (Å²) >= 11 is 0. The van der Waals surface area contributed by atoms with Crippen molar-refractivity contribution in [3.63, 3.8) is 0 Å². The van der Waals surface area contributed by atoms with E-state index in [-0.39, 0.29) is 18.2 Å². The molecule has 1 atom stereocenters. The van der Waals surface area contributed by atoms with E-state index in [4.69, 9.17) is 0 Å². The van der Waals surface area contributed by atoms with Gasteiger partial charge in [-0.05, 0) is 36.4 Å². The van der Waals surface area contributed by atoms with E-state index in [1.54, 1.807) is 10.9 Å². The minimum atomic E-state index is -0.625. The highest BCUT2D eigenvalue weighted by Gasteiger charge is 2.41. The monoisotopic (exact) mass is 309 g/mol. The molecule has 2 heterocycles. The van der Waals surface area contributed by atoms with Gasteiger partial charge in [-0.1, -0.05) is 12.1 Å². The van der Waals surface area contributed by atoms with Gasteiger partial charge < -0.3 is 4.57 Å². The molecule has 6 heteroatoms. The van der Waals surface area contributed by atoms with Crippen LogP contribution in [0.25, 0.3) is 11.0 Å². The molecule has 1 saturated heterocycles. The Morgan fingerprint density at radius 2 is 1.78 bits per heavy atom. The number of hydrogen-bond donors (Lipinski definition) is 0. The van der Waals surface area contributed by atoms with Crippen LogP contribution < -0.4 is 4.90 Å². The quantitative estimate of drug-likeness (QED) is 0.684. The maximum Gasteiger partial charge on any atom is 0.257 e. The molecule has 0 radical (unpaired) electrons. The fourth-order valence-electron chi connectivity index (χ4n) is 2.92. The van der Waals surface area contributed by atoms with E-state index in [2.05, 4.69) is 4.98 Å². The van der Waals surface area contributed by atoms with Gasteiger partial charge in [0, 0.05) is 0 Å². The molecule has 1 aliphatic heterocycles. The first-order valence-electron chi connectivity index (χ1n) is 7.19. The van der Waals surface area contributed by atoms with Gasteiger partial charge in [0.2, 0.25) is 5.91 Å². The zero-order chi connectivity index (χ0) is 16.0. The number of imidazole rings is 1. The van der Waals surface area contributed by atoms with Crippen molar-refractivity contribution in [1.82, 2.24) is 9.55 Å². The topological polar surface area (TPSA) is 55.2 Å². The number of fused-ring (bicyclic) bond motifs is 1. The van der Waals surface area contributed by atoms with Gasteiger partial charge in [-0.25, -0.2) is 14.3 Å². The minimum absolute atomic E-state index is 0.0660. The van der Waals surface area contributed by atoms with E-state index in [0.29, 0.717) is 5.69 Å². The zero-order valence-electron chi connectivity index (χ0n) is 12.0. The smallest absolute Gasteiger partial charge is 0.257 e. The van der Waals surface area contributed by atoms with Crippen LogP contribution in [0.2, 0.25) is 0 Å². The van der Waals surface area contributed by atoms with Gasteiger partial charge >= 0.3 is 0 Å². The van der Waals surface area contributed by atoms with E-state index >= 15 is 0 Å². The summed E-state index contributed by atoms with van der Waals surface area (Å²) in [6.45, 7) is 0. The maximum atomic E-state index is 13.0. The predicted octanol–water partition coefficient (Wildman–Crippen LogP) is 2.68. The number of para-hydroxylation sites is 2. The molecule has 2 amide bonds. The average molecular weight is 309 g/mol. The number of aromatic nitrogens is 2. The summed E-state index contributed by atoms with van der Waals surface area (Å²) in [5.41, 5.74) is 1.96. The first-order valence-corrected chi connectivity index (χ1v) is 7.19. The number of rotatable bonds is 2. The number of benzene rings is 2. The third-order valence-corrected chi connectivity index (χ3v) is 4.02. The lowest BCUT2D eigenvalue weighted by atomic mass is 10.2. The SMILES string of the molecule is O=C1C[C@@H](n2cnc3ccccc32)C(=O)N1c1ccc(F)cc1. The largest absolute Gasteiger partial charge is 0.317 e. The normalized spacial score (nSPS) is 18.1. The number of imide groups is 1. The summed E-state index contributed by atoms with van der Waals surface area (Å²) in [4.78, 5) is 30.4. The van der Waals surface area contributed by atoms with E-state index < -0.39 is 11.9 Å². The number of anilines is 1. The highest BCUT2D eigenvalue weighted by atomic mass is 19.1. The summed E-state index contributed by atoms with van der Waals surface area (Å²) in [6.07, 6.45) is 1.64. The summed E-state index contributed by atoms with van der Waals surface area (Å²) in [5, 5.41) is 0. The Morgan fingerprint density at radius 3 is 2.57 bits per heavy atom. The van der Waals surface area contributed by atoms with Crippen LogP contribution in [-0.4, -0.2) is 21.4 Å². The number of nitrogens with zero attached hydrogens (tertiary/aromatic N) is 3. The number of carbonyl (C=O) groups excluding carboxylic acids is 2. The average Bonchev–Trinajstić information content (AvgIpc) is 3.10. The fourth-order valence-corrected chi connectivity index (χ4v) is 2.92. The highest BCUT2D eigenvalue weighted by molar-refractivity contribution is 6.21. The number of carbonyl (C=O) groups is 2. The Balaban J connectivity index is 1.74. The molecular weight excluding hydrogens is 297 g/mol. The molecule has 5 nitrogen and oxygen atoms in total. The first kappa shape index (κ1) is 13.6. The van der Waals surface area contributed by atoms with Gasteiger partial charge in [0.05, 0.1) is 29.5 Å². The van der Waals surface area contributed by atoms with Crippen molar-refractivity contribution in [2.24, 2.45) is 0 Å². The van der Waals surface area contributed by atoms with Gasteiger partial charge in [-0.2, -0.15) is 0 Å². The molecule has 23 heavy (non-hydrogen) atoms. The van der Waals surface area contributed by atoms with Crippen LogP contribution in [0.4, 0.5) is 10.1 Å². The standard InChI is InChI=1S/C17H12FN3O2/c18-11-5-7-12(8-6-11)21-16(22)9-15(17(21)23)20-10-19-13-3-1-2-4-14(13)20/h1-8,10,15H,9H2/t15-/m1/s1. The Hall–Kier alpha value is -3.02. The zero-order valence-corrected chi connectivity index (χ0v) is 12.0. The van der Waals surface area contributed by atoms with E-state index in [0.717, 1.165) is 15.9 Å². The van der Waals surface area contributed by atoms with Crippen LogP contribution >= 0.6 is 0 Å². The fraction of sp³-hybridized carbons (Fsp3) is 0.118. The van der Waals surface area contributed by atoms with Crippen LogP contribution in [0.15, 0.2) is 54.9 Å². The molecule has 3 aromatic rings. The van der Waals surface area contributed by atoms with Crippen molar-refractivity contribution >= 4 is 28.5 Å². The molecule has 0 saturated carbocycles. The molecule has 0 unspecified atom stereocenters. The second kappa shape index (κ2) is 5.01. The molecule has 1 aromatic heterocycles. The third-order valence-electron chi connectivity index (χ3n) is 4.02. The van der Waals surface area contributed by atoms with Crippen LogP contribution in [0.5, 0.6) is 0 Å². The lowest BCUT2D eigenvalue weighted by Gasteiger charge is -2.15. The molecule has 1 fully saturated rings. The molecule has 0 N–H and O–H groups in total. The second-order valence-electron chi connectivity index (χ2n) is 5.40. The maximum absolute atomic E-state index is 13.0. The van der Waals surface area contributed by atoms with E-state index in [9.17, 15) is 14.0 Å². The molecule has 0 bridgehead atoms. The summed E-state index contributed by atoms with van der Waals surface area (Å²) in [5.74, 6) is -1.04. The Labute approximate surface area is 131 Å². The minimum Gasteiger partial charge on any atom is -0.317 e. The molecule has 2 aromatic carbocycles. The Bertz CT molecular complexity index is 917. The van der Waals surface area contributed by atoms with Crippen molar-refractivity contribution in [3.05, 3.63) is 60.7 Å². The second-order valence-corrected chi connectivity index (χ2v) is 5.40. The van der Waals surface area contributed by atoms with Gasteiger partial charge in [0.25, 0.3) is 5.91 Å². The van der Waals surface area contributed by atoms with Crippen LogP contribution in [-0.2, 0) is 9.59 Å². The number of halogens is 1. The van der Waals surface area contributed by atoms with Crippen LogP contribution in [0.3, 0.4) is 0 Å². The molecule has 4 rings (SSSR count). The molecule has 114 valence electrons. The van der Waals surface area contributed by atoms with Crippen molar-refractivity contribution < 1.29 is 14.0 Å². The van der Waals surface area contributed by atoms with E-state index in [1.165, 1.54) is 24.3 Å². The van der Waals surface area contributed by atoms with Crippen LogP contribution in [0, 0.1) is 5.82 Å². The highest BCUT2D eigenvalue weighted by Crippen LogP contribution is 2.31. The predicted molar refractivity (Wildman–Crippen MR) is 82.3 cm³/mol. The number of amides is 2. The summed E-state index contributed by atoms with van der Waals surface area (Å²) in [7, 11) is 0. The van der Waals surface area contributed by atoms with Crippen molar-refractivity contribution in [3.8, 4) is 0 Å². The Morgan fingerprint density at radius 1 is 1.04 bits per heavy atom. The van der Waals surface area contributed by atoms with Gasteiger partial charge in [-0.15, -0.1) is 0 Å². The summed E-state index contributed by atoms with van der Waals surface area (Å²) in [6, 6.07) is 12.1. The van der Waals surface area contributed by atoms with Gasteiger partial charge in [0.1, 0.15) is 11.9 Å². The molecule has 1 aliphatic rings. The van der Waals surface area contributed by atoms with Gasteiger partial charge in [-0.3, -0.25) is 9.59 Å². The Kier molecular flexibility index (Phi) is 2.97. The van der Waals surface area contributed by atoms with E-state index in [1.807, 2.05) is 24.3 Å². The lowest BCUT2D eigenvalue weighted by Crippen LogP contribution is -2.31. The molecule has 0 aliphatic carbocycles. The van der Waals surface area contributed by atoms with Crippen molar-refractivity contribution in [2.45, 2.75) is 12.5 Å². The number of hydrogen-bond acceptors (Lipinski definition) is 3. The van der Waals surface area contributed by atoms with Crippen LogP contribution in [0.1, 0.15) is 12.5 Å². The van der Waals surface area contributed by atoms with Crippen molar-refractivity contribution in [2.75, 3.05) is 4.90 Å².